The number of nitrogens with zero attached hydrogens (tertiary/aromatic N) is 5. The average Bonchev–Trinajstić information content (AvgIpc) is 3.27. The van der Waals surface area contributed by atoms with Gasteiger partial charge in [-0.1, -0.05) is 17.3 Å². The fraction of sp³-hybridized carbons (Fsp3) is 0.294. The van der Waals surface area contributed by atoms with Crippen molar-refractivity contribution >= 4 is 5.91 Å². The molecule has 0 saturated carbocycles. The molecule has 7 nitrogen and oxygen atoms in total. The monoisotopic (exact) mass is 343 g/mol. The summed E-state index contributed by atoms with van der Waals surface area (Å²) in [6.07, 6.45) is 3.35. The third-order valence-corrected chi connectivity index (χ3v) is 3.93. The van der Waals surface area contributed by atoms with Gasteiger partial charge in [0.15, 0.2) is 0 Å². The van der Waals surface area contributed by atoms with E-state index in [2.05, 4.69) is 15.2 Å². The van der Waals surface area contributed by atoms with Gasteiger partial charge in [-0.25, -0.2) is 4.39 Å². The van der Waals surface area contributed by atoms with Gasteiger partial charge in [0, 0.05) is 25.0 Å². The van der Waals surface area contributed by atoms with Crippen molar-refractivity contribution in [2.75, 3.05) is 7.05 Å². The van der Waals surface area contributed by atoms with E-state index in [4.69, 9.17) is 4.52 Å². The lowest BCUT2D eigenvalue weighted by molar-refractivity contribution is -0.134. The summed E-state index contributed by atoms with van der Waals surface area (Å²) in [6.45, 7) is 3.61. The van der Waals surface area contributed by atoms with Gasteiger partial charge >= 0.3 is 0 Å². The van der Waals surface area contributed by atoms with Gasteiger partial charge < -0.3 is 9.42 Å². The highest BCUT2D eigenvalue weighted by molar-refractivity contribution is 5.79. The molecule has 0 aliphatic heterocycles. The number of rotatable bonds is 5. The minimum atomic E-state index is -0.436. The van der Waals surface area contributed by atoms with Crippen molar-refractivity contribution in [2.24, 2.45) is 0 Å². The Morgan fingerprint density at radius 3 is 2.92 bits per heavy atom. The van der Waals surface area contributed by atoms with Crippen LogP contribution in [0.3, 0.4) is 0 Å². The number of hydrogen-bond donors (Lipinski definition) is 0. The second kappa shape index (κ2) is 6.84. The first-order valence-electron chi connectivity index (χ1n) is 7.79. The van der Waals surface area contributed by atoms with Gasteiger partial charge in [0.2, 0.25) is 17.6 Å². The molecule has 2 heterocycles. The molecule has 0 spiro atoms. The van der Waals surface area contributed by atoms with E-state index in [1.165, 1.54) is 11.0 Å². The van der Waals surface area contributed by atoms with Crippen LogP contribution in [0.2, 0.25) is 0 Å². The van der Waals surface area contributed by atoms with Crippen molar-refractivity contribution in [3.05, 3.63) is 53.9 Å². The summed E-state index contributed by atoms with van der Waals surface area (Å²) in [5.74, 6) is 0.100. The lowest BCUT2D eigenvalue weighted by atomic mass is 10.1. The maximum absolute atomic E-state index is 13.7. The van der Waals surface area contributed by atoms with Gasteiger partial charge in [-0.3, -0.25) is 9.48 Å². The third kappa shape index (κ3) is 3.57. The molecule has 0 saturated heterocycles. The molecule has 1 amide bonds. The van der Waals surface area contributed by atoms with Crippen LogP contribution >= 0.6 is 0 Å². The second-order valence-corrected chi connectivity index (χ2v) is 5.83. The Hall–Kier alpha value is -3.03. The molecule has 130 valence electrons. The smallest absolute Gasteiger partial charge is 0.247 e. The normalized spacial score (nSPS) is 12.2. The van der Waals surface area contributed by atoms with E-state index in [0.717, 1.165) is 0 Å². The number of carbonyl (C=O) groups excluding carboxylic acids is 1. The fourth-order valence-electron chi connectivity index (χ4n) is 2.39. The molecule has 1 aromatic carbocycles. The first kappa shape index (κ1) is 16.8. The molecule has 0 radical (unpaired) electrons. The topological polar surface area (TPSA) is 77.0 Å². The Morgan fingerprint density at radius 2 is 2.24 bits per heavy atom. The number of halogens is 1. The molecule has 0 aliphatic rings. The summed E-state index contributed by atoms with van der Waals surface area (Å²) >= 11 is 0. The Labute approximate surface area is 144 Å². The lowest BCUT2D eigenvalue weighted by Crippen LogP contribution is -2.33. The largest absolute Gasteiger partial charge is 0.337 e. The van der Waals surface area contributed by atoms with Gasteiger partial charge in [0.1, 0.15) is 11.9 Å². The van der Waals surface area contributed by atoms with Crippen molar-refractivity contribution in [2.45, 2.75) is 26.4 Å². The van der Waals surface area contributed by atoms with Gasteiger partial charge in [-0.15, -0.1) is 0 Å². The molecule has 0 fully saturated rings. The zero-order valence-corrected chi connectivity index (χ0v) is 14.2. The van der Waals surface area contributed by atoms with Crippen molar-refractivity contribution in [3.63, 3.8) is 0 Å². The quantitative estimate of drug-likeness (QED) is 0.712. The predicted octanol–water partition coefficient (Wildman–Crippen LogP) is 2.60. The molecule has 1 unspecified atom stereocenters. The van der Waals surface area contributed by atoms with E-state index >= 15 is 0 Å². The SMILES string of the molecule is Cc1ccc(-c2noc(CN(C)C(=O)C(C)n3cccn3)n2)cc1F. The number of benzene rings is 1. The first-order chi connectivity index (χ1) is 12.0. The molecule has 3 rings (SSSR count). The number of aromatic nitrogens is 4. The van der Waals surface area contributed by atoms with Gasteiger partial charge in [-0.05, 0) is 31.5 Å². The molecular formula is C17H18FN5O2. The van der Waals surface area contributed by atoms with E-state index in [1.807, 2.05) is 0 Å². The van der Waals surface area contributed by atoms with Crippen LogP contribution in [0, 0.1) is 12.7 Å². The van der Waals surface area contributed by atoms with E-state index in [9.17, 15) is 9.18 Å². The van der Waals surface area contributed by atoms with E-state index in [-0.39, 0.29) is 30.0 Å². The predicted molar refractivity (Wildman–Crippen MR) is 87.8 cm³/mol. The maximum atomic E-state index is 13.7. The average molecular weight is 343 g/mol. The molecular weight excluding hydrogens is 325 g/mol. The fourth-order valence-corrected chi connectivity index (χ4v) is 2.39. The van der Waals surface area contributed by atoms with Crippen molar-refractivity contribution in [1.82, 2.24) is 24.8 Å². The minimum Gasteiger partial charge on any atom is -0.337 e. The number of likely N-dealkylation sites (N-methyl/N-ethyl adjacent to an activating group) is 1. The van der Waals surface area contributed by atoms with Crippen LogP contribution in [0.4, 0.5) is 4.39 Å². The zero-order valence-electron chi connectivity index (χ0n) is 14.2. The molecule has 1 atom stereocenters. The Kier molecular flexibility index (Phi) is 4.60. The molecule has 0 bridgehead atoms. The molecule has 3 aromatic rings. The van der Waals surface area contributed by atoms with Crippen LogP contribution in [0.25, 0.3) is 11.4 Å². The highest BCUT2D eigenvalue weighted by atomic mass is 19.1. The summed E-state index contributed by atoms with van der Waals surface area (Å²) in [5, 5.41) is 7.92. The Bertz CT molecular complexity index is 875. The maximum Gasteiger partial charge on any atom is 0.247 e. The number of hydrogen-bond acceptors (Lipinski definition) is 5. The molecule has 2 aromatic heterocycles. The summed E-state index contributed by atoms with van der Waals surface area (Å²) in [4.78, 5) is 18.2. The van der Waals surface area contributed by atoms with Crippen LogP contribution in [0.15, 0.2) is 41.2 Å². The molecule has 25 heavy (non-hydrogen) atoms. The van der Waals surface area contributed by atoms with Crippen LogP contribution in [0.1, 0.15) is 24.4 Å². The van der Waals surface area contributed by atoms with Crippen LogP contribution in [-0.4, -0.2) is 37.8 Å². The third-order valence-electron chi connectivity index (χ3n) is 3.93. The Balaban J connectivity index is 1.70. The Morgan fingerprint density at radius 1 is 1.44 bits per heavy atom. The van der Waals surface area contributed by atoms with Crippen LogP contribution < -0.4 is 0 Å². The highest BCUT2D eigenvalue weighted by Crippen LogP contribution is 2.19. The molecule has 0 N–H and O–H groups in total. The number of aryl methyl sites for hydroxylation is 1. The number of carbonyl (C=O) groups is 1. The van der Waals surface area contributed by atoms with Crippen molar-refractivity contribution in [3.8, 4) is 11.4 Å². The van der Waals surface area contributed by atoms with E-state index in [1.54, 1.807) is 56.2 Å². The minimum absolute atomic E-state index is 0.134. The molecule has 0 aliphatic carbocycles. The second-order valence-electron chi connectivity index (χ2n) is 5.83. The van der Waals surface area contributed by atoms with Crippen molar-refractivity contribution in [1.29, 1.82) is 0 Å². The van der Waals surface area contributed by atoms with E-state index in [0.29, 0.717) is 11.1 Å². The van der Waals surface area contributed by atoms with Gasteiger partial charge in [0.25, 0.3) is 0 Å². The zero-order chi connectivity index (χ0) is 18.0. The summed E-state index contributed by atoms with van der Waals surface area (Å²) < 4.78 is 20.4. The summed E-state index contributed by atoms with van der Waals surface area (Å²) in [6, 6.07) is 6.06. The first-order valence-corrected chi connectivity index (χ1v) is 7.79. The summed E-state index contributed by atoms with van der Waals surface area (Å²) in [7, 11) is 1.65. The van der Waals surface area contributed by atoms with E-state index < -0.39 is 6.04 Å². The lowest BCUT2D eigenvalue weighted by Gasteiger charge is -2.19. The highest BCUT2D eigenvalue weighted by Gasteiger charge is 2.21. The van der Waals surface area contributed by atoms with Crippen molar-refractivity contribution < 1.29 is 13.7 Å². The standard InChI is InChI=1S/C17H18FN5O2/c1-11-5-6-13(9-14(11)18)16-20-15(25-21-16)10-22(3)17(24)12(2)23-8-4-7-19-23/h4-9,12H,10H2,1-3H3. The van der Waals surface area contributed by atoms with Gasteiger partial charge in [-0.2, -0.15) is 10.1 Å². The van der Waals surface area contributed by atoms with Crippen LogP contribution in [-0.2, 0) is 11.3 Å². The van der Waals surface area contributed by atoms with Gasteiger partial charge in [0.05, 0.1) is 6.54 Å². The summed E-state index contributed by atoms with van der Waals surface area (Å²) in [5.41, 5.74) is 1.07. The number of amides is 1. The van der Waals surface area contributed by atoms with Crippen LogP contribution in [0.5, 0.6) is 0 Å². The molecule has 8 heteroatoms.